The SMILES string of the molecule is CCC(C)(C)[C@@H]1CCc2c(sc3ncn4nc(-c5ccccc5O)nc4c23)C1. The molecule has 1 atom stereocenters. The minimum absolute atomic E-state index is 0.194. The van der Waals surface area contributed by atoms with E-state index in [-0.39, 0.29) is 5.75 Å². The Labute approximate surface area is 168 Å². The molecule has 5 rings (SSSR count). The second-order valence-electron chi connectivity index (χ2n) is 8.43. The lowest BCUT2D eigenvalue weighted by Gasteiger charge is -2.36. The fourth-order valence-corrected chi connectivity index (χ4v) is 5.57. The van der Waals surface area contributed by atoms with Crippen LogP contribution in [0.2, 0.25) is 0 Å². The normalized spacial score (nSPS) is 17.3. The van der Waals surface area contributed by atoms with E-state index < -0.39 is 0 Å². The van der Waals surface area contributed by atoms with E-state index in [0.29, 0.717) is 22.7 Å². The Balaban J connectivity index is 1.65. The van der Waals surface area contributed by atoms with E-state index in [0.717, 1.165) is 28.7 Å². The number of fused-ring (bicyclic) bond motifs is 5. The van der Waals surface area contributed by atoms with Crippen molar-refractivity contribution in [2.75, 3.05) is 0 Å². The third kappa shape index (κ3) is 2.62. The average Bonchev–Trinajstić information content (AvgIpc) is 3.28. The van der Waals surface area contributed by atoms with Gasteiger partial charge in [-0.3, -0.25) is 0 Å². The molecule has 0 saturated carbocycles. The number of aromatic nitrogens is 4. The number of hydrogen-bond donors (Lipinski definition) is 1. The molecule has 0 radical (unpaired) electrons. The number of hydrogen-bond acceptors (Lipinski definition) is 5. The zero-order valence-corrected chi connectivity index (χ0v) is 17.3. The maximum atomic E-state index is 10.2. The molecule has 0 bridgehead atoms. The molecule has 5 nitrogen and oxygen atoms in total. The molecule has 1 aromatic carbocycles. The third-order valence-corrected chi connectivity index (χ3v) is 7.71. The van der Waals surface area contributed by atoms with E-state index >= 15 is 0 Å². The van der Waals surface area contributed by atoms with E-state index in [1.54, 1.807) is 23.0 Å². The average molecular weight is 393 g/mol. The summed E-state index contributed by atoms with van der Waals surface area (Å²) in [6, 6.07) is 7.20. The largest absolute Gasteiger partial charge is 0.507 e. The van der Waals surface area contributed by atoms with E-state index in [9.17, 15) is 5.11 Å². The fraction of sp³-hybridized carbons (Fsp3) is 0.409. The van der Waals surface area contributed by atoms with Crippen LogP contribution >= 0.6 is 11.3 Å². The van der Waals surface area contributed by atoms with Gasteiger partial charge in [-0.2, -0.15) is 0 Å². The summed E-state index contributed by atoms with van der Waals surface area (Å²) >= 11 is 1.81. The van der Waals surface area contributed by atoms with Crippen LogP contribution in [0.3, 0.4) is 0 Å². The molecule has 0 saturated heterocycles. The van der Waals surface area contributed by atoms with E-state index in [4.69, 9.17) is 4.98 Å². The molecule has 4 aromatic rings. The molecule has 3 aromatic heterocycles. The molecule has 3 heterocycles. The third-order valence-electron chi connectivity index (χ3n) is 6.55. The molecular weight excluding hydrogens is 368 g/mol. The Morgan fingerprint density at radius 1 is 1.29 bits per heavy atom. The molecular formula is C22H24N4OS. The molecule has 0 unspecified atom stereocenters. The lowest BCUT2D eigenvalue weighted by molar-refractivity contribution is 0.184. The van der Waals surface area contributed by atoms with Gasteiger partial charge >= 0.3 is 0 Å². The predicted molar refractivity (Wildman–Crippen MR) is 113 cm³/mol. The molecule has 28 heavy (non-hydrogen) atoms. The van der Waals surface area contributed by atoms with Gasteiger partial charge in [0.25, 0.3) is 0 Å². The monoisotopic (exact) mass is 392 g/mol. The number of phenolic OH excluding ortho intramolecular Hbond substituents is 1. The summed E-state index contributed by atoms with van der Waals surface area (Å²) in [5.41, 5.74) is 3.25. The van der Waals surface area contributed by atoms with Crippen LogP contribution in [0, 0.1) is 11.3 Å². The van der Waals surface area contributed by atoms with Crippen molar-refractivity contribution in [3.8, 4) is 17.1 Å². The second-order valence-corrected chi connectivity index (χ2v) is 9.51. The summed E-state index contributed by atoms with van der Waals surface area (Å²) in [7, 11) is 0. The number of phenols is 1. The van der Waals surface area contributed by atoms with Crippen molar-refractivity contribution < 1.29 is 5.11 Å². The van der Waals surface area contributed by atoms with Crippen LogP contribution in [0.15, 0.2) is 30.6 Å². The summed E-state index contributed by atoms with van der Waals surface area (Å²) in [6.07, 6.45) is 6.35. The molecule has 0 spiro atoms. The number of thiophene rings is 1. The van der Waals surface area contributed by atoms with Gasteiger partial charge in [-0.05, 0) is 48.3 Å². The fourth-order valence-electron chi connectivity index (χ4n) is 4.31. The lowest BCUT2D eigenvalue weighted by Crippen LogP contribution is -2.28. The second kappa shape index (κ2) is 6.27. The maximum absolute atomic E-state index is 10.2. The standard InChI is InChI=1S/C22H24N4OS/c1-4-22(2,3)13-9-10-15-17(11-13)28-21-18(15)20-24-19(25-26(20)12-23-21)14-7-5-6-8-16(14)27/h5-8,12-13,27H,4,9-11H2,1-3H3/t13-/m1/s1. The van der Waals surface area contributed by atoms with Gasteiger partial charge in [0.1, 0.15) is 16.9 Å². The van der Waals surface area contributed by atoms with Crippen molar-refractivity contribution in [1.82, 2.24) is 19.6 Å². The first-order valence-corrected chi connectivity index (χ1v) is 10.7. The predicted octanol–water partition coefficient (Wildman–Crippen LogP) is 5.25. The topological polar surface area (TPSA) is 63.3 Å². The first kappa shape index (κ1) is 17.6. The molecule has 144 valence electrons. The zero-order valence-electron chi connectivity index (χ0n) is 16.4. The number of nitrogens with zero attached hydrogens (tertiary/aromatic N) is 4. The Bertz CT molecular complexity index is 1190. The first-order valence-electron chi connectivity index (χ1n) is 9.92. The van der Waals surface area contributed by atoms with Crippen LogP contribution in [0.1, 0.15) is 44.1 Å². The molecule has 0 amide bonds. The first-order chi connectivity index (χ1) is 13.5. The number of aromatic hydroxyl groups is 1. The van der Waals surface area contributed by atoms with Gasteiger partial charge in [-0.25, -0.2) is 14.5 Å². The van der Waals surface area contributed by atoms with Gasteiger partial charge in [0, 0.05) is 4.88 Å². The molecule has 1 aliphatic rings. The number of benzene rings is 1. The van der Waals surface area contributed by atoms with Gasteiger partial charge in [-0.15, -0.1) is 16.4 Å². The Kier molecular flexibility index (Phi) is 3.95. The highest BCUT2D eigenvalue weighted by molar-refractivity contribution is 7.19. The molecule has 1 N–H and O–H groups in total. The van der Waals surface area contributed by atoms with Gasteiger partial charge in [0.05, 0.1) is 10.9 Å². The van der Waals surface area contributed by atoms with Crippen molar-refractivity contribution in [2.45, 2.75) is 46.5 Å². The van der Waals surface area contributed by atoms with Crippen LogP contribution in [0.25, 0.3) is 27.3 Å². The quantitative estimate of drug-likeness (QED) is 0.517. The van der Waals surface area contributed by atoms with Crippen molar-refractivity contribution in [3.63, 3.8) is 0 Å². The van der Waals surface area contributed by atoms with Crippen LogP contribution in [-0.2, 0) is 12.8 Å². The van der Waals surface area contributed by atoms with E-state index in [1.165, 1.54) is 23.3 Å². The molecule has 0 fully saturated rings. The smallest absolute Gasteiger partial charge is 0.185 e. The Hall–Kier alpha value is -2.47. The summed E-state index contributed by atoms with van der Waals surface area (Å²) in [5.74, 6) is 1.44. The highest BCUT2D eigenvalue weighted by Crippen LogP contribution is 2.45. The highest BCUT2D eigenvalue weighted by atomic mass is 32.1. The van der Waals surface area contributed by atoms with E-state index in [2.05, 4.69) is 30.9 Å². The van der Waals surface area contributed by atoms with Crippen LogP contribution in [0.4, 0.5) is 0 Å². The van der Waals surface area contributed by atoms with Crippen LogP contribution < -0.4 is 0 Å². The number of rotatable bonds is 3. The minimum atomic E-state index is 0.194. The molecule has 6 heteroatoms. The highest BCUT2D eigenvalue weighted by Gasteiger charge is 2.33. The van der Waals surface area contributed by atoms with Crippen molar-refractivity contribution in [2.24, 2.45) is 11.3 Å². The minimum Gasteiger partial charge on any atom is -0.507 e. The van der Waals surface area contributed by atoms with Crippen LogP contribution in [0.5, 0.6) is 5.75 Å². The van der Waals surface area contributed by atoms with Gasteiger partial charge < -0.3 is 5.11 Å². The van der Waals surface area contributed by atoms with Crippen molar-refractivity contribution in [3.05, 3.63) is 41.0 Å². The summed E-state index contributed by atoms with van der Waals surface area (Å²) in [4.78, 5) is 12.0. The lowest BCUT2D eigenvalue weighted by atomic mass is 9.70. The Morgan fingerprint density at radius 3 is 2.89 bits per heavy atom. The maximum Gasteiger partial charge on any atom is 0.185 e. The molecule has 0 aliphatic heterocycles. The van der Waals surface area contributed by atoms with Crippen molar-refractivity contribution in [1.29, 1.82) is 0 Å². The van der Waals surface area contributed by atoms with Crippen molar-refractivity contribution >= 4 is 27.2 Å². The number of aryl methyl sites for hydroxylation is 1. The van der Waals surface area contributed by atoms with Gasteiger partial charge in [-0.1, -0.05) is 39.3 Å². The Morgan fingerprint density at radius 2 is 2.11 bits per heavy atom. The van der Waals surface area contributed by atoms with E-state index in [1.807, 2.05) is 23.5 Å². The summed E-state index contributed by atoms with van der Waals surface area (Å²) < 4.78 is 1.75. The number of para-hydroxylation sites is 1. The van der Waals surface area contributed by atoms with Crippen LogP contribution in [-0.4, -0.2) is 24.7 Å². The zero-order chi connectivity index (χ0) is 19.5. The van der Waals surface area contributed by atoms with Gasteiger partial charge in [0.15, 0.2) is 11.5 Å². The molecule has 1 aliphatic carbocycles. The summed E-state index contributed by atoms with van der Waals surface area (Å²) in [5, 5.41) is 15.9. The van der Waals surface area contributed by atoms with Gasteiger partial charge in [0.2, 0.25) is 0 Å². The summed E-state index contributed by atoms with van der Waals surface area (Å²) in [6.45, 7) is 7.08.